The van der Waals surface area contributed by atoms with Crippen LogP contribution in [-0.2, 0) is 12.5 Å². The van der Waals surface area contributed by atoms with Crippen molar-refractivity contribution < 1.29 is 0 Å². The van der Waals surface area contributed by atoms with Crippen molar-refractivity contribution in [3.05, 3.63) is 23.9 Å². The van der Waals surface area contributed by atoms with E-state index in [9.17, 15) is 0 Å². The minimum Gasteiger partial charge on any atom is -0.398 e. The van der Waals surface area contributed by atoms with Crippen molar-refractivity contribution in [2.75, 3.05) is 5.73 Å². The number of rotatable bonds is 0. The standard InChI is InChI=1S/C12H17N3/c1-12(2,3)11-10-8(13)6-5-7-9(10)15(4)14-11/h5-7H,13H2,1-4H3. The van der Waals surface area contributed by atoms with Gasteiger partial charge in [0.2, 0.25) is 0 Å². The van der Waals surface area contributed by atoms with Crippen LogP contribution in [0.15, 0.2) is 18.2 Å². The van der Waals surface area contributed by atoms with E-state index in [2.05, 4.69) is 25.9 Å². The summed E-state index contributed by atoms with van der Waals surface area (Å²) >= 11 is 0. The number of nitrogens with two attached hydrogens (primary N) is 1. The molecule has 3 nitrogen and oxygen atoms in total. The van der Waals surface area contributed by atoms with Gasteiger partial charge >= 0.3 is 0 Å². The summed E-state index contributed by atoms with van der Waals surface area (Å²) in [6.45, 7) is 6.46. The number of aromatic nitrogens is 2. The summed E-state index contributed by atoms with van der Waals surface area (Å²) in [4.78, 5) is 0. The lowest BCUT2D eigenvalue weighted by Gasteiger charge is -2.16. The summed E-state index contributed by atoms with van der Waals surface area (Å²) in [7, 11) is 1.96. The molecule has 80 valence electrons. The van der Waals surface area contributed by atoms with Gasteiger partial charge in [0.05, 0.1) is 11.2 Å². The zero-order valence-corrected chi connectivity index (χ0v) is 9.70. The second-order valence-electron chi connectivity index (χ2n) is 4.96. The highest BCUT2D eigenvalue weighted by molar-refractivity contribution is 5.93. The Labute approximate surface area is 89.9 Å². The Morgan fingerprint density at radius 3 is 2.53 bits per heavy atom. The highest BCUT2D eigenvalue weighted by Gasteiger charge is 2.22. The molecule has 0 fully saturated rings. The van der Waals surface area contributed by atoms with Crippen LogP contribution in [-0.4, -0.2) is 9.78 Å². The fourth-order valence-corrected chi connectivity index (χ4v) is 1.86. The normalized spacial score (nSPS) is 12.3. The first kappa shape index (κ1) is 10.0. The highest BCUT2D eigenvalue weighted by Crippen LogP contribution is 2.32. The third kappa shape index (κ3) is 1.48. The SMILES string of the molecule is Cn1nc(C(C)(C)C)c2c(N)cccc21. The summed E-state index contributed by atoms with van der Waals surface area (Å²) < 4.78 is 1.90. The maximum Gasteiger partial charge on any atom is 0.0777 e. The van der Waals surface area contributed by atoms with Gasteiger partial charge in [0.15, 0.2) is 0 Å². The molecule has 0 unspecified atom stereocenters. The first-order chi connectivity index (χ1) is 6.91. The van der Waals surface area contributed by atoms with Crippen molar-refractivity contribution in [3.63, 3.8) is 0 Å². The summed E-state index contributed by atoms with van der Waals surface area (Å²) in [6.07, 6.45) is 0. The third-order valence-corrected chi connectivity index (χ3v) is 2.62. The summed E-state index contributed by atoms with van der Waals surface area (Å²) in [5.41, 5.74) is 9.01. The Balaban J connectivity index is 2.88. The lowest BCUT2D eigenvalue weighted by atomic mass is 9.89. The monoisotopic (exact) mass is 203 g/mol. The molecule has 0 saturated carbocycles. The minimum absolute atomic E-state index is 0.0228. The van der Waals surface area contributed by atoms with Crippen LogP contribution in [0.3, 0.4) is 0 Å². The number of anilines is 1. The molecule has 0 amide bonds. The number of hydrogen-bond acceptors (Lipinski definition) is 2. The second kappa shape index (κ2) is 2.99. The van der Waals surface area contributed by atoms with Crippen LogP contribution < -0.4 is 5.73 Å². The van der Waals surface area contributed by atoms with E-state index >= 15 is 0 Å². The summed E-state index contributed by atoms with van der Waals surface area (Å²) in [5.74, 6) is 0. The van der Waals surface area contributed by atoms with Crippen molar-refractivity contribution >= 4 is 16.6 Å². The maximum atomic E-state index is 6.01. The number of hydrogen-bond donors (Lipinski definition) is 1. The molecule has 0 aliphatic heterocycles. The van der Waals surface area contributed by atoms with E-state index in [1.807, 2.05) is 29.9 Å². The molecule has 0 radical (unpaired) electrons. The minimum atomic E-state index is 0.0228. The van der Waals surface area contributed by atoms with Gasteiger partial charge in [0.25, 0.3) is 0 Å². The largest absolute Gasteiger partial charge is 0.398 e. The maximum absolute atomic E-state index is 6.01. The molecule has 0 bridgehead atoms. The number of benzene rings is 1. The van der Waals surface area contributed by atoms with E-state index in [1.165, 1.54) is 0 Å². The van der Waals surface area contributed by atoms with Crippen LogP contribution in [0.4, 0.5) is 5.69 Å². The van der Waals surface area contributed by atoms with E-state index in [0.717, 1.165) is 22.3 Å². The lowest BCUT2D eigenvalue weighted by Crippen LogP contribution is -2.13. The number of nitrogen functional groups attached to an aromatic ring is 1. The molecular weight excluding hydrogens is 186 g/mol. The Hall–Kier alpha value is -1.51. The smallest absolute Gasteiger partial charge is 0.0777 e. The van der Waals surface area contributed by atoms with E-state index in [-0.39, 0.29) is 5.41 Å². The van der Waals surface area contributed by atoms with Gasteiger partial charge in [-0.1, -0.05) is 26.8 Å². The average Bonchev–Trinajstić information content (AvgIpc) is 2.45. The molecule has 2 aromatic rings. The van der Waals surface area contributed by atoms with Gasteiger partial charge in [0, 0.05) is 23.5 Å². The zero-order chi connectivity index (χ0) is 11.2. The molecule has 2 N–H and O–H groups in total. The first-order valence-corrected chi connectivity index (χ1v) is 5.13. The molecule has 2 rings (SSSR count). The van der Waals surface area contributed by atoms with Crippen molar-refractivity contribution in [3.8, 4) is 0 Å². The molecule has 1 aromatic carbocycles. The topological polar surface area (TPSA) is 43.8 Å². The fourth-order valence-electron chi connectivity index (χ4n) is 1.86. The second-order valence-corrected chi connectivity index (χ2v) is 4.96. The van der Waals surface area contributed by atoms with Gasteiger partial charge in [-0.2, -0.15) is 5.10 Å². The molecule has 0 atom stereocenters. The quantitative estimate of drug-likeness (QED) is 0.668. The van der Waals surface area contributed by atoms with E-state index in [1.54, 1.807) is 0 Å². The zero-order valence-electron chi connectivity index (χ0n) is 9.70. The first-order valence-electron chi connectivity index (χ1n) is 5.13. The molecule has 0 aliphatic rings. The highest BCUT2D eigenvalue weighted by atomic mass is 15.3. The Morgan fingerprint density at radius 2 is 1.93 bits per heavy atom. The summed E-state index contributed by atoms with van der Waals surface area (Å²) in [6, 6.07) is 5.94. The van der Waals surface area contributed by atoms with Crippen molar-refractivity contribution in [1.29, 1.82) is 0 Å². The van der Waals surface area contributed by atoms with Gasteiger partial charge in [-0.05, 0) is 12.1 Å². The predicted octanol–water partition coefficient (Wildman–Crippen LogP) is 2.45. The van der Waals surface area contributed by atoms with Gasteiger partial charge in [-0.15, -0.1) is 0 Å². The van der Waals surface area contributed by atoms with Crippen LogP contribution in [0.2, 0.25) is 0 Å². The molecule has 0 spiro atoms. The van der Waals surface area contributed by atoms with Crippen molar-refractivity contribution in [2.45, 2.75) is 26.2 Å². The Kier molecular flexibility index (Phi) is 2.00. The fraction of sp³-hybridized carbons (Fsp3) is 0.417. The van der Waals surface area contributed by atoms with E-state index in [0.29, 0.717) is 0 Å². The van der Waals surface area contributed by atoms with Gasteiger partial charge in [-0.3, -0.25) is 4.68 Å². The van der Waals surface area contributed by atoms with Crippen molar-refractivity contribution in [2.24, 2.45) is 7.05 Å². The van der Waals surface area contributed by atoms with Crippen LogP contribution in [0.25, 0.3) is 10.9 Å². The van der Waals surface area contributed by atoms with Crippen LogP contribution >= 0.6 is 0 Å². The van der Waals surface area contributed by atoms with Gasteiger partial charge in [-0.25, -0.2) is 0 Å². The number of fused-ring (bicyclic) bond motifs is 1. The summed E-state index contributed by atoms with van der Waals surface area (Å²) in [5, 5.41) is 5.65. The van der Waals surface area contributed by atoms with Crippen LogP contribution in [0.5, 0.6) is 0 Å². The molecule has 1 aromatic heterocycles. The molecule has 0 aliphatic carbocycles. The molecule has 1 heterocycles. The third-order valence-electron chi connectivity index (χ3n) is 2.62. The molecule has 15 heavy (non-hydrogen) atoms. The molecular formula is C12H17N3. The number of nitrogens with zero attached hydrogens (tertiary/aromatic N) is 2. The van der Waals surface area contributed by atoms with Crippen LogP contribution in [0, 0.1) is 0 Å². The number of aryl methyl sites for hydroxylation is 1. The van der Waals surface area contributed by atoms with Gasteiger partial charge < -0.3 is 5.73 Å². The average molecular weight is 203 g/mol. The predicted molar refractivity (Wildman–Crippen MR) is 63.8 cm³/mol. The lowest BCUT2D eigenvalue weighted by molar-refractivity contribution is 0.558. The molecule has 0 saturated heterocycles. The van der Waals surface area contributed by atoms with Gasteiger partial charge in [0.1, 0.15) is 0 Å². The van der Waals surface area contributed by atoms with E-state index < -0.39 is 0 Å². The Bertz CT molecular complexity index is 503. The van der Waals surface area contributed by atoms with Crippen LogP contribution in [0.1, 0.15) is 26.5 Å². The van der Waals surface area contributed by atoms with E-state index in [4.69, 9.17) is 5.73 Å². The molecule has 3 heteroatoms. The van der Waals surface area contributed by atoms with Crippen molar-refractivity contribution in [1.82, 2.24) is 9.78 Å². The Morgan fingerprint density at radius 1 is 1.27 bits per heavy atom.